The number of amidine groups is 1. The normalized spacial score (nSPS) is 11.2. The minimum atomic E-state index is -0.291. The Hall–Kier alpha value is -2.41. The average molecular weight is 349 g/mol. The van der Waals surface area contributed by atoms with E-state index in [1.165, 1.54) is 4.90 Å². The first-order valence-electron chi connectivity index (χ1n) is 6.01. The number of hydrogen-bond acceptors (Lipinski definition) is 4. The van der Waals surface area contributed by atoms with Gasteiger partial charge in [-0.05, 0) is 40.2 Å². The standard InChI is InChI=1S/C14H13BrN4O2/c1-19(14(20)11-7-6-9(15)8-17-11)12-5-3-2-4-10(12)13(16)18-21/h2-8,21H,1H3,(H2,16,18). The van der Waals surface area contributed by atoms with Crippen LogP contribution in [0.15, 0.2) is 52.2 Å². The van der Waals surface area contributed by atoms with Gasteiger partial charge >= 0.3 is 0 Å². The van der Waals surface area contributed by atoms with Gasteiger partial charge in [-0.25, -0.2) is 4.98 Å². The third-order valence-corrected chi connectivity index (χ3v) is 3.37. The summed E-state index contributed by atoms with van der Waals surface area (Å²) in [6.07, 6.45) is 1.55. The van der Waals surface area contributed by atoms with E-state index in [-0.39, 0.29) is 11.7 Å². The first-order valence-corrected chi connectivity index (χ1v) is 6.80. The number of carbonyl (C=O) groups is 1. The van der Waals surface area contributed by atoms with Crippen LogP contribution in [0.4, 0.5) is 5.69 Å². The maximum absolute atomic E-state index is 12.4. The summed E-state index contributed by atoms with van der Waals surface area (Å²) in [5.74, 6) is -0.352. The lowest BCUT2D eigenvalue weighted by atomic mass is 10.1. The second kappa shape index (κ2) is 6.36. The molecule has 6 nitrogen and oxygen atoms in total. The Balaban J connectivity index is 2.38. The van der Waals surface area contributed by atoms with Gasteiger partial charge in [-0.1, -0.05) is 17.3 Å². The van der Waals surface area contributed by atoms with E-state index in [0.29, 0.717) is 16.9 Å². The van der Waals surface area contributed by atoms with Crippen LogP contribution in [0.5, 0.6) is 0 Å². The quantitative estimate of drug-likeness (QED) is 0.385. The number of pyridine rings is 1. The van der Waals surface area contributed by atoms with E-state index >= 15 is 0 Å². The van der Waals surface area contributed by atoms with E-state index < -0.39 is 0 Å². The molecule has 0 saturated carbocycles. The summed E-state index contributed by atoms with van der Waals surface area (Å²) in [5, 5.41) is 11.8. The summed E-state index contributed by atoms with van der Waals surface area (Å²) in [4.78, 5) is 17.9. The van der Waals surface area contributed by atoms with Crippen molar-refractivity contribution in [3.8, 4) is 0 Å². The Morgan fingerprint density at radius 3 is 2.67 bits per heavy atom. The van der Waals surface area contributed by atoms with Crippen LogP contribution in [0.1, 0.15) is 16.1 Å². The summed E-state index contributed by atoms with van der Waals surface area (Å²) >= 11 is 3.27. The maximum Gasteiger partial charge on any atom is 0.276 e. The van der Waals surface area contributed by atoms with E-state index in [1.807, 2.05) is 0 Å². The Labute approximate surface area is 130 Å². The molecule has 0 bridgehead atoms. The number of benzene rings is 1. The van der Waals surface area contributed by atoms with Crippen LogP contribution < -0.4 is 10.6 Å². The van der Waals surface area contributed by atoms with Crippen LogP contribution in [-0.2, 0) is 0 Å². The maximum atomic E-state index is 12.4. The molecule has 3 N–H and O–H groups in total. The molecular formula is C14H13BrN4O2. The van der Waals surface area contributed by atoms with Gasteiger partial charge in [0.1, 0.15) is 5.69 Å². The predicted octanol–water partition coefficient (Wildman–Crippen LogP) is 2.22. The molecule has 1 amide bonds. The molecule has 1 heterocycles. The molecule has 0 radical (unpaired) electrons. The molecule has 0 saturated heterocycles. The molecule has 1 aromatic heterocycles. The molecule has 0 spiro atoms. The lowest BCUT2D eigenvalue weighted by Gasteiger charge is -2.19. The fourth-order valence-electron chi connectivity index (χ4n) is 1.82. The van der Waals surface area contributed by atoms with Crippen molar-refractivity contribution in [2.24, 2.45) is 10.9 Å². The highest BCUT2D eigenvalue weighted by Crippen LogP contribution is 2.21. The van der Waals surface area contributed by atoms with Crippen LogP contribution in [0.3, 0.4) is 0 Å². The highest BCUT2D eigenvalue weighted by atomic mass is 79.9. The number of amides is 1. The molecule has 108 valence electrons. The van der Waals surface area contributed by atoms with Crippen LogP contribution in [0, 0.1) is 0 Å². The van der Waals surface area contributed by atoms with Crippen molar-refractivity contribution in [1.82, 2.24) is 4.98 Å². The smallest absolute Gasteiger partial charge is 0.276 e. The second-order valence-corrected chi connectivity index (χ2v) is 5.14. The zero-order valence-electron chi connectivity index (χ0n) is 11.2. The molecule has 0 aliphatic heterocycles. The summed E-state index contributed by atoms with van der Waals surface area (Å²) in [7, 11) is 1.61. The molecule has 0 fully saturated rings. The van der Waals surface area contributed by atoms with E-state index in [4.69, 9.17) is 10.9 Å². The highest BCUT2D eigenvalue weighted by molar-refractivity contribution is 9.10. The predicted molar refractivity (Wildman–Crippen MR) is 83.6 cm³/mol. The van der Waals surface area contributed by atoms with Gasteiger partial charge in [-0.2, -0.15) is 0 Å². The van der Waals surface area contributed by atoms with Gasteiger partial charge in [-0.3, -0.25) is 4.79 Å². The molecule has 7 heteroatoms. The monoisotopic (exact) mass is 348 g/mol. The Morgan fingerprint density at radius 2 is 2.05 bits per heavy atom. The van der Waals surface area contributed by atoms with E-state index in [1.54, 1.807) is 49.6 Å². The molecule has 2 aromatic rings. The summed E-state index contributed by atoms with van der Waals surface area (Å²) < 4.78 is 0.791. The molecule has 1 aromatic carbocycles. The number of anilines is 1. The number of para-hydroxylation sites is 1. The third-order valence-electron chi connectivity index (χ3n) is 2.90. The molecule has 0 atom stereocenters. The lowest BCUT2D eigenvalue weighted by molar-refractivity contribution is 0.0988. The SMILES string of the molecule is CN(C(=O)c1ccc(Br)cn1)c1ccccc1/C(N)=N/O. The average Bonchev–Trinajstić information content (AvgIpc) is 2.53. The van der Waals surface area contributed by atoms with Crippen molar-refractivity contribution in [2.45, 2.75) is 0 Å². The van der Waals surface area contributed by atoms with Gasteiger partial charge in [-0.15, -0.1) is 0 Å². The zero-order valence-corrected chi connectivity index (χ0v) is 12.8. The minimum Gasteiger partial charge on any atom is -0.409 e. The third kappa shape index (κ3) is 3.19. The number of hydrogen-bond donors (Lipinski definition) is 2. The van der Waals surface area contributed by atoms with Crippen molar-refractivity contribution < 1.29 is 10.0 Å². The Morgan fingerprint density at radius 1 is 1.33 bits per heavy atom. The van der Waals surface area contributed by atoms with Crippen LogP contribution in [-0.4, -0.2) is 29.0 Å². The summed E-state index contributed by atoms with van der Waals surface area (Å²) in [6.45, 7) is 0. The highest BCUT2D eigenvalue weighted by Gasteiger charge is 2.18. The van der Waals surface area contributed by atoms with E-state index in [0.717, 1.165) is 4.47 Å². The van der Waals surface area contributed by atoms with Crippen molar-refractivity contribution in [3.05, 3.63) is 58.3 Å². The fourth-order valence-corrected chi connectivity index (χ4v) is 2.05. The molecule has 0 unspecified atom stereocenters. The largest absolute Gasteiger partial charge is 0.409 e. The zero-order chi connectivity index (χ0) is 15.4. The number of aromatic nitrogens is 1. The first-order chi connectivity index (χ1) is 10.0. The van der Waals surface area contributed by atoms with Crippen molar-refractivity contribution in [1.29, 1.82) is 0 Å². The number of rotatable bonds is 3. The number of halogens is 1. The number of nitrogens with zero attached hydrogens (tertiary/aromatic N) is 3. The minimum absolute atomic E-state index is 0.0611. The number of oxime groups is 1. The number of nitrogens with two attached hydrogens (primary N) is 1. The second-order valence-electron chi connectivity index (χ2n) is 4.23. The van der Waals surface area contributed by atoms with E-state index in [2.05, 4.69) is 26.1 Å². The van der Waals surface area contributed by atoms with Gasteiger partial charge in [0.15, 0.2) is 5.84 Å². The van der Waals surface area contributed by atoms with Crippen LogP contribution >= 0.6 is 15.9 Å². The van der Waals surface area contributed by atoms with Crippen LogP contribution in [0.2, 0.25) is 0 Å². The molecular weight excluding hydrogens is 336 g/mol. The van der Waals surface area contributed by atoms with Crippen molar-refractivity contribution in [2.75, 3.05) is 11.9 Å². The van der Waals surface area contributed by atoms with Gasteiger partial charge < -0.3 is 15.8 Å². The van der Waals surface area contributed by atoms with Gasteiger partial charge in [0, 0.05) is 23.3 Å². The van der Waals surface area contributed by atoms with Gasteiger partial charge in [0.2, 0.25) is 0 Å². The molecule has 0 aliphatic rings. The molecule has 21 heavy (non-hydrogen) atoms. The van der Waals surface area contributed by atoms with Crippen LogP contribution in [0.25, 0.3) is 0 Å². The summed E-state index contributed by atoms with van der Waals surface area (Å²) in [5.41, 5.74) is 6.93. The number of carbonyl (C=O) groups excluding carboxylic acids is 1. The van der Waals surface area contributed by atoms with Crippen molar-refractivity contribution in [3.63, 3.8) is 0 Å². The van der Waals surface area contributed by atoms with Crippen molar-refractivity contribution >= 4 is 33.4 Å². The lowest BCUT2D eigenvalue weighted by Crippen LogP contribution is -2.29. The molecule has 0 aliphatic carbocycles. The topological polar surface area (TPSA) is 91.8 Å². The fraction of sp³-hybridized carbons (Fsp3) is 0.0714. The van der Waals surface area contributed by atoms with Gasteiger partial charge in [0.25, 0.3) is 5.91 Å². The Kier molecular flexibility index (Phi) is 4.54. The summed E-state index contributed by atoms with van der Waals surface area (Å²) in [6, 6.07) is 10.3. The van der Waals surface area contributed by atoms with E-state index in [9.17, 15) is 4.79 Å². The first kappa shape index (κ1) is 15.0. The van der Waals surface area contributed by atoms with Gasteiger partial charge in [0.05, 0.1) is 5.69 Å². The Bertz CT molecular complexity index is 686. The molecule has 2 rings (SSSR count).